The van der Waals surface area contributed by atoms with Gasteiger partial charge in [0, 0.05) is 166 Å². The molecule has 115 heavy (non-hydrogen) atoms. The van der Waals surface area contributed by atoms with E-state index in [1.165, 1.54) is 56.1 Å². The Kier molecular flexibility index (Phi) is 40.9. The number of carbonyl (C=O) groups excluding carboxylic acids is 1. The number of anilines is 2. The normalized spacial score (nSPS) is 10.3. The summed E-state index contributed by atoms with van der Waals surface area (Å²) in [5, 5.41) is 34.2. The van der Waals surface area contributed by atoms with Crippen molar-refractivity contribution >= 4 is 225 Å². The third kappa shape index (κ3) is 28.5. The maximum absolute atomic E-state index is 8.58. The molecular weight excluding hydrogens is 1790 g/mol. The number of para-hydroxylation sites is 2. The number of furan rings is 2. The molecule has 0 atom stereocenters. The van der Waals surface area contributed by atoms with Crippen LogP contribution in [0.2, 0.25) is 0 Å². The average molecular weight is 1870 g/mol. The first kappa shape index (κ1) is 92.7. The van der Waals surface area contributed by atoms with Gasteiger partial charge >= 0.3 is 42.1 Å². The molecule has 28 heteroatoms. The predicted octanol–water partition coefficient (Wildman–Crippen LogP) is 18.3. The number of nitrogens with zero attached hydrogens (tertiary/aromatic N) is 6. The molecule has 0 fully saturated rings. The van der Waals surface area contributed by atoms with Crippen molar-refractivity contribution in [3.63, 3.8) is 0 Å². The molecule has 0 aliphatic carbocycles. The molecule has 6 heterocycles. The van der Waals surface area contributed by atoms with Crippen LogP contribution in [0.5, 0.6) is 11.5 Å². The SMILES string of the molecule is CN(C)c1ccc(-c2cnc3c(c2)c(-c2ccoc2)cn3SOOc2ccccc2)cc1.CN(C)c1ccc(-c2cnc3c(c2)c(I)cn3SOOc2ccccc2)cc1.O=[C-]OO.OB(O)c1ccoc1.[Cl][Pd][Cl].[Na].[Na].c1ccc(P(c2ccccc2)c2ccccc2)cc1.c1ccc(P(c2ccccc2)c2ccccc2)cc1. The molecule has 0 saturated carbocycles. The molecule has 0 unspecified atom stereocenters. The maximum Gasteiger partial charge on any atom is 0 e. The number of rotatable bonds is 21. The molecule has 0 spiro atoms. The van der Waals surface area contributed by atoms with E-state index in [0.29, 0.717) is 17.0 Å². The zero-order valence-corrected chi connectivity index (χ0v) is 75.8. The van der Waals surface area contributed by atoms with Gasteiger partial charge in [-0.3, -0.25) is 0 Å². The molecule has 10 aromatic carbocycles. The molecule has 0 saturated heterocycles. The Morgan fingerprint density at radius 1 is 0.452 bits per heavy atom. The zero-order valence-electron chi connectivity index (χ0n) is 63.2. The van der Waals surface area contributed by atoms with Crippen molar-refractivity contribution in [2.75, 3.05) is 38.0 Å². The van der Waals surface area contributed by atoms with Gasteiger partial charge in [-0.05, 0) is 161 Å². The molecule has 3 N–H and O–H groups in total. The van der Waals surface area contributed by atoms with E-state index >= 15 is 0 Å². The molecule has 2 radical (unpaired) electrons. The fourth-order valence-corrected chi connectivity index (χ4v) is 17.6. The van der Waals surface area contributed by atoms with Gasteiger partial charge in [-0.15, -0.1) is 0 Å². The van der Waals surface area contributed by atoms with E-state index in [-0.39, 0.29) is 75.1 Å². The number of halogens is 3. The van der Waals surface area contributed by atoms with Crippen molar-refractivity contribution in [1.82, 2.24) is 17.9 Å². The van der Waals surface area contributed by atoms with Crippen molar-refractivity contribution in [2.45, 2.75) is 0 Å². The Morgan fingerprint density at radius 2 is 0.774 bits per heavy atom. The van der Waals surface area contributed by atoms with Crippen LogP contribution in [0.4, 0.5) is 11.4 Å². The quantitative estimate of drug-likeness (QED) is 0.0117. The van der Waals surface area contributed by atoms with Gasteiger partial charge in [0.2, 0.25) is 0 Å². The maximum atomic E-state index is 8.58. The molecule has 578 valence electrons. The molecule has 16 aromatic rings. The summed E-state index contributed by atoms with van der Waals surface area (Å²) in [6, 6.07) is 108. The van der Waals surface area contributed by atoms with E-state index in [1.54, 1.807) is 12.5 Å². The first-order valence-corrected chi connectivity index (χ1v) is 43.7. The minimum absolute atomic E-state index is 0. The van der Waals surface area contributed by atoms with E-state index in [1.807, 2.05) is 128 Å². The minimum Gasteiger partial charge on any atom is -0.0622 e. The Labute approximate surface area is 754 Å². The van der Waals surface area contributed by atoms with Gasteiger partial charge in [0.1, 0.15) is 0 Å². The molecule has 17 nitrogen and oxygen atoms in total. The number of benzene rings is 10. The average Bonchev–Trinajstić information content (AvgIpc) is 1.62. The topological polar surface area (TPSA) is 192 Å². The summed E-state index contributed by atoms with van der Waals surface area (Å²) in [7, 11) is 15.5. The summed E-state index contributed by atoms with van der Waals surface area (Å²) in [4.78, 5) is 35.5. The zero-order chi connectivity index (χ0) is 79.4. The van der Waals surface area contributed by atoms with E-state index in [2.05, 4.69) is 289 Å². The molecule has 0 amide bonds. The standard InChI is InChI=1S/C25H21N3O3S.C21H18IN3O2S.2C18H15P.C4H5BO3.CHO3.2ClH.2Na.Pd/c1-27(2)21-10-8-18(9-11-21)20-14-23-24(19-12-13-29-17-19)16-28(25(23)26-15-20)32-31-30-22-6-4-3-5-7-22;1-24(2)17-10-8-15(9-11-17)16-12-19-20(22)14-25(21(19)23-13-16)28-27-26-18-6-4-3-5-7-18;2*1-4-10-16(11-5-1)19(17-12-6-2-7-13-17)18-14-8-3-9-15-18;6-5(7)4-1-2-8-3-4;2-1-4-3;;;;;/h3-17H,1-2H3;3-14H,1-2H3;2*1-15H;1-3,6-7H;3H;2*1H;;;/q;;;;;-1;;;;;+2/p-2. The van der Waals surface area contributed by atoms with Gasteiger partial charge < -0.3 is 48.1 Å². The summed E-state index contributed by atoms with van der Waals surface area (Å²) < 4.78 is 25.4. The van der Waals surface area contributed by atoms with Crippen molar-refractivity contribution in [1.29, 1.82) is 0 Å². The van der Waals surface area contributed by atoms with Gasteiger partial charge in [0.05, 0.1) is 25.1 Å². The van der Waals surface area contributed by atoms with Gasteiger partial charge in [-0.2, -0.15) is 0 Å². The van der Waals surface area contributed by atoms with Crippen LogP contribution >= 0.6 is 81.9 Å². The number of hydrogen-bond donors (Lipinski definition) is 3. The predicted molar refractivity (Wildman–Crippen MR) is 483 cm³/mol. The minimum atomic E-state index is -1.41. The Morgan fingerprint density at radius 3 is 1.08 bits per heavy atom. The number of pyridine rings is 2. The Balaban J connectivity index is 0.000000183. The molecule has 6 aromatic heterocycles. The van der Waals surface area contributed by atoms with Gasteiger partial charge in [0.15, 0.2) is 47.3 Å². The monoisotopic (exact) mass is 1870 g/mol. The van der Waals surface area contributed by atoms with Crippen LogP contribution in [-0.4, -0.2) is 134 Å². The summed E-state index contributed by atoms with van der Waals surface area (Å²) >= 11 is 4.37. The van der Waals surface area contributed by atoms with Crippen LogP contribution < -0.4 is 56.9 Å². The van der Waals surface area contributed by atoms with E-state index in [0.717, 1.165) is 95.6 Å². The number of hydrogen-bond acceptors (Lipinski definition) is 17. The first-order valence-electron chi connectivity index (χ1n) is 34.5. The second-order valence-electron chi connectivity index (χ2n) is 24.2. The second kappa shape index (κ2) is 50.7. The summed E-state index contributed by atoms with van der Waals surface area (Å²) in [5.41, 5.74) is 10.7. The Bertz CT molecular complexity index is 5070. The van der Waals surface area contributed by atoms with Crippen molar-refractivity contribution in [3.8, 4) is 44.9 Å². The number of fused-ring (bicyclic) bond motifs is 2. The number of aromatic nitrogens is 4. The van der Waals surface area contributed by atoms with Crippen LogP contribution in [0.1, 0.15) is 0 Å². The van der Waals surface area contributed by atoms with Gasteiger partial charge in [-0.25, -0.2) is 23.2 Å². The van der Waals surface area contributed by atoms with Gasteiger partial charge in [-0.1, -0.05) is 251 Å². The van der Waals surface area contributed by atoms with Crippen LogP contribution in [0.3, 0.4) is 0 Å². The molecule has 0 aliphatic heterocycles. The van der Waals surface area contributed by atoms with Crippen LogP contribution in [0, 0.1) is 3.57 Å². The summed E-state index contributed by atoms with van der Waals surface area (Å²) in [6.45, 7) is 0.736. The second-order valence-corrected chi connectivity index (χ2v) is 33.5. The molecule has 16 rings (SSSR count). The summed E-state index contributed by atoms with van der Waals surface area (Å²) in [5.74, 6) is 1.28. The van der Waals surface area contributed by atoms with Crippen LogP contribution in [-0.2, 0) is 34.3 Å². The fraction of sp³-hybridized carbons (Fsp3) is 0.0460. The third-order valence-corrected chi connectivity index (χ3v) is 23.3. The fourth-order valence-electron chi connectivity index (χ4n) is 11.0. The first-order chi connectivity index (χ1) is 55.3. The van der Waals surface area contributed by atoms with E-state index in [9.17, 15) is 0 Å². The van der Waals surface area contributed by atoms with E-state index in [4.69, 9.17) is 67.0 Å². The van der Waals surface area contributed by atoms with Gasteiger partial charge in [0.25, 0.3) is 0 Å². The molecule has 0 aliphatic rings. The molecular formula is C87H75BCl2IN6Na2O11P2PdS2-. The van der Waals surface area contributed by atoms with Crippen molar-refractivity contribution in [2.24, 2.45) is 0 Å². The largest absolute Gasteiger partial charge is 0.0622 e. The third-order valence-electron chi connectivity index (χ3n) is 16.4. The molecule has 0 bridgehead atoms. The van der Waals surface area contributed by atoms with E-state index < -0.39 is 23.0 Å². The summed E-state index contributed by atoms with van der Waals surface area (Å²) in [6.07, 6.45) is 13.8. The van der Waals surface area contributed by atoms with Crippen molar-refractivity contribution < 1.29 is 68.2 Å². The van der Waals surface area contributed by atoms with Crippen LogP contribution in [0.15, 0.2) is 374 Å². The Hall–Kier alpha value is -7.79. The van der Waals surface area contributed by atoms with Crippen molar-refractivity contribution in [3.05, 3.63) is 369 Å². The van der Waals surface area contributed by atoms with Crippen LogP contribution in [0.25, 0.3) is 55.4 Å². The smallest absolute Gasteiger partial charge is 0 e.